The Bertz CT molecular complexity index is 143. The van der Waals surface area contributed by atoms with Crippen molar-refractivity contribution in [2.75, 3.05) is 18.8 Å². The van der Waals surface area contributed by atoms with Gasteiger partial charge in [0.1, 0.15) is 0 Å². The minimum absolute atomic E-state index is 0.848. The molecule has 0 aromatic rings. The number of rotatable bonds is 8. The number of hydrogen-bond donors (Lipinski definition) is 1. The summed E-state index contributed by atoms with van der Waals surface area (Å²) in [5.41, 5.74) is 0. The highest BCUT2D eigenvalue weighted by molar-refractivity contribution is 7.80. The van der Waals surface area contributed by atoms with Gasteiger partial charge in [-0.25, -0.2) is 0 Å². The quantitative estimate of drug-likeness (QED) is 0.481. The van der Waals surface area contributed by atoms with E-state index >= 15 is 0 Å². The van der Waals surface area contributed by atoms with Gasteiger partial charge in [0.05, 0.1) is 0 Å². The zero-order valence-corrected chi connectivity index (χ0v) is 10.6. The van der Waals surface area contributed by atoms with Crippen molar-refractivity contribution in [3.05, 3.63) is 0 Å². The third-order valence-electron chi connectivity index (χ3n) is 2.91. The van der Waals surface area contributed by atoms with E-state index in [1.165, 1.54) is 45.2 Å². The summed E-state index contributed by atoms with van der Waals surface area (Å²) in [6.45, 7) is 7.25. The largest absolute Gasteiger partial charge is 0.300 e. The molecular formula is C12H25NS. The van der Waals surface area contributed by atoms with E-state index in [1.807, 2.05) is 0 Å². The van der Waals surface area contributed by atoms with E-state index in [9.17, 15) is 0 Å². The van der Waals surface area contributed by atoms with Gasteiger partial charge in [-0.05, 0) is 56.9 Å². The Labute approximate surface area is 94.7 Å². The molecule has 0 bridgehead atoms. The molecule has 0 saturated heterocycles. The third-order valence-corrected chi connectivity index (χ3v) is 3.23. The van der Waals surface area contributed by atoms with Gasteiger partial charge in [-0.1, -0.05) is 13.8 Å². The van der Waals surface area contributed by atoms with Crippen molar-refractivity contribution in [3.8, 4) is 0 Å². The van der Waals surface area contributed by atoms with Gasteiger partial charge in [-0.15, -0.1) is 0 Å². The fourth-order valence-corrected chi connectivity index (χ4v) is 1.99. The highest BCUT2D eigenvalue weighted by Gasteiger charge is 2.27. The average Bonchev–Trinajstić information content (AvgIpc) is 2.94. The van der Waals surface area contributed by atoms with Crippen molar-refractivity contribution >= 4 is 12.6 Å². The van der Waals surface area contributed by atoms with Crippen LogP contribution in [0.5, 0.6) is 0 Å². The van der Waals surface area contributed by atoms with E-state index in [0.717, 1.165) is 17.7 Å². The minimum Gasteiger partial charge on any atom is -0.300 e. The zero-order chi connectivity index (χ0) is 10.4. The van der Waals surface area contributed by atoms with Crippen molar-refractivity contribution in [1.29, 1.82) is 0 Å². The fraction of sp³-hybridized carbons (Fsp3) is 1.00. The first-order valence-electron chi connectivity index (χ1n) is 6.09. The molecule has 2 heteroatoms. The number of hydrogen-bond acceptors (Lipinski definition) is 2. The average molecular weight is 215 g/mol. The monoisotopic (exact) mass is 215 g/mol. The van der Waals surface area contributed by atoms with Gasteiger partial charge in [0, 0.05) is 6.04 Å². The molecular weight excluding hydrogens is 190 g/mol. The van der Waals surface area contributed by atoms with Crippen LogP contribution in [-0.4, -0.2) is 29.8 Å². The van der Waals surface area contributed by atoms with Crippen LogP contribution >= 0.6 is 12.6 Å². The van der Waals surface area contributed by atoms with Gasteiger partial charge in [0.15, 0.2) is 0 Å². The molecule has 1 rings (SSSR count). The molecule has 0 aromatic carbocycles. The molecule has 1 aliphatic rings. The second-order valence-electron chi connectivity index (χ2n) is 4.88. The van der Waals surface area contributed by atoms with Gasteiger partial charge in [0.25, 0.3) is 0 Å². The molecule has 1 aliphatic carbocycles. The van der Waals surface area contributed by atoms with Crippen molar-refractivity contribution in [1.82, 2.24) is 4.90 Å². The molecule has 0 heterocycles. The standard InChI is InChI=1S/C12H25NS/c1-11(2)7-9-13(12-5-6-12)8-3-4-10-14/h11-12,14H,3-10H2,1-2H3. The van der Waals surface area contributed by atoms with E-state index in [0.29, 0.717) is 0 Å². The Kier molecular flexibility index (Phi) is 5.95. The maximum atomic E-state index is 4.26. The van der Waals surface area contributed by atoms with Crippen molar-refractivity contribution < 1.29 is 0 Å². The Morgan fingerprint density at radius 3 is 2.43 bits per heavy atom. The summed E-state index contributed by atoms with van der Waals surface area (Å²) < 4.78 is 0. The molecule has 1 saturated carbocycles. The molecule has 0 unspecified atom stereocenters. The molecule has 14 heavy (non-hydrogen) atoms. The number of thiol groups is 1. The molecule has 0 spiro atoms. The fourth-order valence-electron chi connectivity index (χ4n) is 1.77. The van der Waals surface area contributed by atoms with Crippen LogP contribution in [0.2, 0.25) is 0 Å². The van der Waals surface area contributed by atoms with E-state index in [4.69, 9.17) is 0 Å². The van der Waals surface area contributed by atoms with Crippen LogP contribution in [0.4, 0.5) is 0 Å². The number of nitrogens with zero attached hydrogens (tertiary/aromatic N) is 1. The van der Waals surface area contributed by atoms with Crippen LogP contribution in [0, 0.1) is 5.92 Å². The van der Waals surface area contributed by atoms with Gasteiger partial charge in [-0.2, -0.15) is 12.6 Å². The minimum atomic E-state index is 0.848. The first kappa shape index (κ1) is 12.4. The topological polar surface area (TPSA) is 3.24 Å². The summed E-state index contributed by atoms with van der Waals surface area (Å²) in [4.78, 5) is 2.70. The van der Waals surface area contributed by atoms with Crippen molar-refractivity contribution in [3.63, 3.8) is 0 Å². The lowest BCUT2D eigenvalue weighted by Gasteiger charge is -2.22. The Balaban J connectivity index is 2.11. The molecule has 0 aromatic heterocycles. The summed E-state index contributed by atoms with van der Waals surface area (Å²) >= 11 is 4.26. The van der Waals surface area contributed by atoms with Crippen LogP contribution in [0.1, 0.15) is 46.0 Å². The second-order valence-corrected chi connectivity index (χ2v) is 5.33. The van der Waals surface area contributed by atoms with E-state index in [-0.39, 0.29) is 0 Å². The summed E-state index contributed by atoms with van der Waals surface area (Å²) in [5, 5.41) is 0. The summed E-state index contributed by atoms with van der Waals surface area (Å²) in [7, 11) is 0. The Morgan fingerprint density at radius 1 is 1.21 bits per heavy atom. The van der Waals surface area contributed by atoms with Crippen LogP contribution in [0.3, 0.4) is 0 Å². The van der Waals surface area contributed by atoms with Crippen LogP contribution < -0.4 is 0 Å². The molecule has 0 amide bonds. The maximum Gasteiger partial charge on any atom is 0.00964 e. The van der Waals surface area contributed by atoms with Gasteiger partial charge < -0.3 is 4.90 Å². The van der Waals surface area contributed by atoms with Gasteiger partial charge in [-0.3, -0.25) is 0 Å². The molecule has 0 radical (unpaired) electrons. The van der Waals surface area contributed by atoms with E-state index < -0.39 is 0 Å². The summed E-state index contributed by atoms with van der Waals surface area (Å²) in [6.07, 6.45) is 6.85. The maximum absolute atomic E-state index is 4.26. The number of unbranched alkanes of at least 4 members (excludes halogenated alkanes) is 1. The molecule has 1 fully saturated rings. The Hall–Kier alpha value is 0.310. The van der Waals surface area contributed by atoms with Crippen molar-refractivity contribution in [2.24, 2.45) is 5.92 Å². The smallest absolute Gasteiger partial charge is 0.00964 e. The summed E-state index contributed by atoms with van der Waals surface area (Å²) in [5.74, 6) is 1.89. The lowest BCUT2D eigenvalue weighted by atomic mass is 10.1. The second kappa shape index (κ2) is 6.73. The molecule has 0 atom stereocenters. The van der Waals surface area contributed by atoms with E-state index in [2.05, 4.69) is 31.4 Å². The predicted molar refractivity (Wildman–Crippen MR) is 67.1 cm³/mol. The SMILES string of the molecule is CC(C)CCN(CCCCS)C1CC1. The lowest BCUT2D eigenvalue weighted by Crippen LogP contribution is -2.29. The first-order valence-corrected chi connectivity index (χ1v) is 6.72. The van der Waals surface area contributed by atoms with Gasteiger partial charge in [0.2, 0.25) is 0 Å². The van der Waals surface area contributed by atoms with Gasteiger partial charge >= 0.3 is 0 Å². The predicted octanol–water partition coefficient (Wildman–Crippen LogP) is 3.21. The first-order chi connectivity index (χ1) is 6.74. The zero-order valence-electron chi connectivity index (χ0n) is 9.71. The normalized spacial score (nSPS) is 16.9. The summed E-state index contributed by atoms with van der Waals surface area (Å²) in [6, 6.07) is 0.939. The molecule has 84 valence electrons. The Morgan fingerprint density at radius 2 is 1.93 bits per heavy atom. The highest BCUT2D eigenvalue weighted by Crippen LogP contribution is 2.27. The van der Waals surface area contributed by atoms with Crippen molar-refractivity contribution in [2.45, 2.75) is 52.0 Å². The molecule has 0 aliphatic heterocycles. The third kappa shape index (κ3) is 5.26. The highest BCUT2D eigenvalue weighted by atomic mass is 32.1. The van der Waals surface area contributed by atoms with Crippen LogP contribution in [-0.2, 0) is 0 Å². The van der Waals surface area contributed by atoms with Crippen LogP contribution in [0.15, 0.2) is 0 Å². The molecule has 1 nitrogen and oxygen atoms in total. The van der Waals surface area contributed by atoms with E-state index in [1.54, 1.807) is 0 Å². The van der Waals surface area contributed by atoms with Crippen LogP contribution in [0.25, 0.3) is 0 Å². The molecule has 0 N–H and O–H groups in total. The lowest BCUT2D eigenvalue weighted by molar-refractivity contribution is 0.244.